The summed E-state index contributed by atoms with van der Waals surface area (Å²) >= 11 is 0. The summed E-state index contributed by atoms with van der Waals surface area (Å²) in [5, 5.41) is 11.1. The highest BCUT2D eigenvalue weighted by atomic mass is 16.5. The van der Waals surface area contributed by atoms with Crippen molar-refractivity contribution < 1.29 is 9.53 Å². The molecule has 22 heavy (non-hydrogen) atoms. The molecule has 0 bridgehead atoms. The molecule has 2 rings (SSSR count). The van der Waals surface area contributed by atoms with Crippen LogP contribution in [0.5, 0.6) is 5.75 Å². The fourth-order valence-corrected chi connectivity index (χ4v) is 2.33. The maximum atomic E-state index is 11.7. The molecule has 1 amide bonds. The minimum absolute atomic E-state index is 0.0269. The van der Waals surface area contributed by atoms with Crippen molar-refractivity contribution in [2.75, 3.05) is 33.8 Å². The van der Waals surface area contributed by atoms with Gasteiger partial charge in [-0.1, -0.05) is 30.3 Å². The number of ether oxygens (including phenoxy) is 1. The molecule has 118 valence electrons. The van der Waals surface area contributed by atoms with Gasteiger partial charge in [0.2, 0.25) is 0 Å². The van der Waals surface area contributed by atoms with Crippen molar-refractivity contribution in [1.29, 1.82) is 0 Å². The van der Waals surface area contributed by atoms with Crippen LogP contribution in [0.2, 0.25) is 0 Å². The van der Waals surface area contributed by atoms with E-state index in [-0.39, 0.29) is 12.5 Å². The lowest BCUT2D eigenvalue weighted by Gasteiger charge is -2.12. The Morgan fingerprint density at radius 1 is 1.00 bits per heavy atom. The third-order valence-electron chi connectivity index (χ3n) is 3.40. The molecule has 2 aromatic carbocycles. The van der Waals surface area contributed by atoms with Gasteiger partial charge in [-0.25, -0.2) is 0 Å². The van der Waals surface area contributed by atoms with E-state index in [9.17, 15) is 4.79 Å². The number of hydrogen-bond acceptors (Lipinski definition) is 4. The minimum Gasteiger partial charge on any atom is -0.483 e. The molecule has 0 fully saturated rings. The van der Waals surface area contributed by atoms with Crippen molar-refractivity contribution in [2.24, 2.45) is 0 Å². The van der Waals surface area contributed by atoms with E-state index in [4.69, 9.17) is 4.74 Å². The zero-order valence-electron chi connectivity index (χ0n) is 13.1. The Bertz CT molecular complexity index is 628. The van der Waals surface area contributed by atoms with Gasteiger partial charge in [0, 0.05) is 25.0 Å². The largest absolute Gasteiger partial charge is 0.483 e. The molecule has 0 heterocycles. The van der Waals surface area contributed by atoms with E-state index in [1.165, 1.54) is 5.56 Å². The molecule has 3 N–H and O–H groups in total. The highest BCUT2D eigenvalue weighted by Gasteiger charge is 2.08. The second-order valence-corrected chi connectivity index (χ2v) is 5.04. The first-order valence-electron chi connectivity index (χ1n) is 7.45. The van der Waals surface area contributed by atoms with Gasteiger partial charge in [0.25, 0.3) is 5.91 Å². The number of carbonyl (C=O) groups excluding carboxylic acids is 1. The Kier molecular flexibility index (Phi) is 6.18. The number of likely N-dealkylation sites (N-methyl/N-ethyl adjacent to an activating group) is 1. The van der Waals surface area contributed by atoms with Gasteiger partial charge < -0.3 is 20.7 Å². The van der Waals surface area contributed by atoms with Crippen molar-refractivity contribution in [1.82, 2.24) is 16.0 Å². The first kappa shape index (κ1) is 16.3. The van der Waals surface area contributed by atoms with E-state index in [1.54, 1.807) is 0 Å². The van der Waals surface area contributed by atoms with Crippen LogP contribution in [-0.4, -0.2) is 39.7 Å². The number of nitrogens with one attached hydrogen (secondary N) is 3. The molecule has 0 aromatic heterocycles. The van der Waals surface area contributed by atoms with Crippen molar-refractivity contribution in [3.63, 3.8) is 0 Å². The lowest BCUT2D eigenvalue weighted by atomic mass is 10.0. The third-order valence-corrected chi connectivity index (χ3v) is 3.40. The molecular weight excluding hydrogens is 278 g/mol. The molecule has 0 radical (unpaired) electrons. The summed E-state index contributed by atoms with van der Waals surface area (Å²) in [4.78, 5) is 11.7. The molecule has 5 nitrogen and oxygen atoms in total. The monoisotopic (exact) mass is 301 g/mol. The van der Waals surface area contributed by atoms with Crippen molar-refractivity contribution in [2.45, 2.75) is 6.54 Å². The number of hydrogen-bond donors (Lipinski definition) is 3. The highest BCUT2D eigenvalue weighted by molar-refractivity contribution is 5.91. The maximum Gasteiger partial charge on any atom is 0.257 e. The maximum absolute atomic E-state index is 11.7. The average molecular weight is 301 g/mol. The fourth-order valence-electron chi connectivity index (χ4n) is 2.33. The van der Waals surface area contributed by atoms with Gasteiger partial charge in [0.05, 0.1) is 0 Å². The SMILES string of the molecule is CNCCNC(=O)COc1ccc(CNC)c2ccccc12. The predicted molar refractivity (Wildman–Crippen MR) is 89.1 cm³/mol. The average Bonchev–Trinajstić information content (AvgIpc) is 2.54. The summed E-state index contributed by atoms with van der Waals surface area (Å²) in [5.41, 5.74) is 1.21. The highest BCUT2D eigenvalue weighted by Crippen LogP contribution is 2.28. The third kappa shape index (κ3) is 4.19. The molecule has 0 saturated heterocycles. The van der Waals surface area contributed by atoms with Gasteiger partial charge in [0.1, 0.15) is 5.75 Å². The fraction of sp³-hybridized carbons (Fsp3) is 0.353. The van der Waals surface area contributed by atoms with E-state index in [1.807, 2.05) is 44.4 Å². The Morgan fingerprint density at radius 3 is 2.50 bits per heavy atom. The lowest BCUT2D eigenvalue weighted by molar-refractivity contribution is -0.123. The smallest absolute Gasteiger partial charge is 0.257 e. The molecule has 0 unspecified atom stereocenters. The van der Waals surface area contributed by atoms with Crippen molar-refractivity contribution >= 4 is 16.7 Å². The van der Waals surface area contributed by atoms with E-state index >= 15 is 0 Å². The molecule has 2 aromatic rings. The summed E-state index contributed by atoms with van der Waals surface area (Å²) in [7, 11) is 3.77. The minimum atomic E-state index is -0.112. The molecule has 0 aliphatic heterocycles. The molecule has 0 saturated carbocycles. The molecular formula is C17H23N3O2. The second kappa shape index (κ2) is 8.36. The van der Waals surface area contributed by atoms with E-state index in [0.29, 0.717) is 6.54 Å². The Balaban J connectivity index is 2.08. The summed E-state index contributed by atoms with van der Waals surface area (Å²) in [6.45, 7) is 2.16. The number of amides is 1. The number of benzene rings is 2. The summed E-state index contributed by atoms with van der Waals surface area (Å²) in [5.74, 6) is 0.623. The van der Waals surface area contributed by atoms with Gasteiger partial charge in [-0.2, -0.15) is 0 Å². The Morgan fingerprint density at radius 2 is 1.77 bits per heavy atom. The summed E-state index contributed by atoms with van der Waals surface area (Å²) in [6, 6.07) is 12.0. The van der Waals surface area contributed by atoms with E-state index in [0.717, 1.165) is 29.6 Å². The van der Waals surface area contributed by atoms with Crippen molar-refractivity contribution in [3.05, 3.63) is 42.0 Å². The van der Waals surface area contributed by atoms with Gasteiger partial charge in [-0.05, 0) is 31.1 Å². The molecule has 0 aliphatic carbocycles. The van der Waals surface area contributed by atoms with Crippen LogP contribution in [0.4, 0.5) is 0 Å². The second-order valence-electron chi connectivity index (χ2n) is 5.04. The molecule has 0 aliphatic rings. The summed E-state index contributed by atoms with van der Waals surface area (Å²) in [6.07, 6.45) is 0. The first-order valence-corrected chi connectivity index (χ1v) is 7.45. The van der Waals surface area contributed by atoms with Gasteiger partial charge in [-0.3, -0.25) is 4.79 Å². The van der Waals surface area contributed by atoms with Gasteiger partial charge in [0.15, 0.2) is 6.61 Å². The van der Waals surface area contributed by atoms with Crippen LogP contribution in [0.15, 0.2) is 36.4 Å². The van der Waals surface area contributed by atoms with E-state index in [2.05, 4.69) is 22.0 Å². The topological polar surface area (TPSA) is 62.4 Å². The quantitative estimate of drug-likeness (QED) is 0.643. The van der Waals surface area contributed by atoms with Crippen LogP contribution >= 0.6 is 0 Å². The van der Waals surface area contributed by atoms with Gasteiger partial charge in [-0.15, -0.1) is 0 Å². The number of carbonyl (C=O) groups is 1. The zero-order chi connectivity index (χ0) is 15.8. The van der Waals surface area contributed by atoms with Crippen molar-refractivity contribution in [3.8, 4) is 5.75 Å². The van der Waals surface area contributed by atoms with Crippen LogP contribution in [0.1, 0.15) is 5.56 Å². The molecule has 5 heteroatoms. The Labute approximate surface area is 131 Å². The van der Waals surface area contributed by atoms with E-state index < -0.39 is 0 Å². The molecule has 0 spiro atoms. The summed E-state index contributed by atoms with van der Waals surface area (Å²) < 4.78 is 5.69. The van der Waals surface area contributed by atoms with Gasteiger partial charge >= 0.3 is 0 Å². The van der Waals surface area contributed by atoms with Crippen LogP contribution in [0, 0.1) is 0 Å². The number of rotatable bonds is 8. The first-order chi connectivity index (χ1) is 10.8. The lowest BCUT2D eigenvalue weighted by Crippen LogP contribution is -2.33. The van der Waals surface area contributed by atoms with Crippen LogP contribution in [-0.2, 0) is 11.3 Å². The number of fused-ring (bicyclic) bond motifs is 1. The standard InChI is InChI=1S/C17H23N3O2/c1-18-9-10-20-17(21)12-22-16-8-7-13(11-19-2)14-5-3-4-6-15(14)16/h3-8,18-19H,9-12H2,1-2H3,(H,20,21). The van der Waals surface area contributed by atoms with Crippen LogP contribution in [0.3, 0.4) is 0 Å². The zero-order valence-corrected chi connectivity index (χ0v) is 13.1. The van der Waals surface area contributed by atoms with Crippen LogP contribution < -0.4 is 20.7 Å². The Hall–Kier alpha value is -2.11. The van der Waals surface area contributed by atoms with Crippen LogP contribution in [0.25, 0.3) is 10.8 Å². The molecule has 0 atom stereocenters. The predicted octanol–water partition coefficient (Wildman–Crippen LogP) is 1.27. The normalized spacial score (nSPS) is 10.6.